The minimum Gasteiger partial charge on any atom is -0.399 e. The number of hydrogen-bond acceptors (Lipinski definition) is 4. The van der Waals surface area contributed by atoms with E-state index in [1.807, 2.05) is 18.2 Å². The summed E-state index contributed by atoms with van der Waals surface area (Å²) in [4.78, 5) is 7.14. The second-order valence-electron chi connectivity index (χ2n) is 7.64. The maximum absolute atomic E-state index is 6.07. The van der Waals surface area contributed by atoms with Crippen LogP contribution in [-0.2, 0) is 0 Å². The van der Waals surface area contributed by atoms with Crippen LogP contribution in [0, 0.1) is 11.8 Å². The molecule has 1 aliphatic carbocycles. The number of nitrogens with one attached hydrogen (secondary N) is 1. The van der Waals surface area contributed by atoms with Crippen molar-refractivity contribution in [2.75, 3.05) is 29.0 Å². The molecule has 2 aromatic rings. The van der Waals surface area contributed by atoms with Crippen molar-refractivity contribution in [3.8, 4) is 0 Å². The molecule has 1 aromatic carbocycles. The van der Waals surface area contributed by atoms with Gasteiger partial charge >= 0.3 is 0 Å². The molecule has 6 heteroatoms. The number of pyridine rings is 1. The molecule has 2 heterocycles. The summed E-state index contributed by atoms with van der Waals surface area (Å²) in [5.74, 6) is 1.71. The van der Waals surface area contributed by atoms with E-state index in [1.54, 1.807) is 12.3 Å². The predicted molar refractivity (Wildman–Crippen MR) is 118 cm³/mol. The molecule has 2 fully saturated rings. The fourth-order valence-corrected chi connectivity index (χ4v) is 4.90. The molecule has 2 unspecified atom stereocenters. The maximum atomic E-state index is 6.07. The third kappa shape index (κ3) is 4.19. The Kier molecular flexibility index (Phi) is 5.50. The molecule has 2 atom stereocenters. The Morgan fingerprint density at radius 1 is 1.15 bits per heavy atom. The van der Waals surface area contributed by atoms with E-state index in [4.69, 9.17) is 29.6 Å². The highest BCUT2D eigenvalue weighted by Crippen LogP contribution is 2.39. The van der Waals surface area contributed by atoms with Crippen LogP contribution in [0.1, 0.15) is 37.7 Å². The van der Waals surface area contributed by atoms with Gasteiger partial charge in [-0.3, -0.25) is 0 Å². The Balaban J connectivity index is 1.56. The summed E-state index contributed by atoms with van der Waals surface area (Å²) in [7, 11) is 0. The smallest absolute Gasteiger partial charge is 0.129 e. The van der Waals surface area contributed by atoms with Gasteiger partial charge in [0, 0.05) is 30.5 Å². The highest BCUT2D eigenvalue weighted by Gasteiger charge is 2.31. The molecule has 3 N–H and O–H groups in total. The van der Waals surface area contributed by atoms with Crippen molar-refractivity contribution in [1.82, 2.24) is 4.98 Å². The zero-order chi connectivity index (χ0) is 18.8. The number of nitrogens with two attached hydrogens (primary N) is 1. The van der Waals surface area contributed by atoms with Gasteiger partial charge in [0.25, 0.3) is 0 Å². The van der Waals surface area contributed by atoms with E-state index in [9.17, 15) is 0 Å². The van der Waals surface area contributed by atoms with Crippen molar-refractivity contribution in [2.45, 2.75) is 32.1 Å². The fraction of sp³-hybridized carbons (Fsp3) is 0.429. The number of thiocarbonyl (C=S) groups is 1. The quantitative estimate of drug-likeness (QED) is 0.425. The molecule has 4 nitrogen and oxygen atoms in total. The van der Waals surface area contributed by atoms with E-state index in [-0.39, 0.29) is 0 Å². The minimum absolute atomic E-state index is 0.434. The van der Waals surface area contributed by atoms with Gasteiger partial charge in [0.05, 0.1) is 11.4 Å². The molecule has 0 bridgehead atoms. The van der Waals surface area contributed by atoms with Gasteiger partial charge in [0.1, 0.15) is 10.1 Å². The van der Waals surface area contributed by atoms with Crippen molar-refractivity contribution in [3.63, 3.8) is 0 Å². The van der Waals surface area contributed by atoms with Crippen LogP contribution in [0.25, 0.3) is 0 Å². The van der Waals surface area contributed by atoms with E-state index in [1.165, 1.54) is 37.8 Å². The van der Waals surface area contributed by atoms with Gasteiger partial charge in [0.15, 0.2) is 0 Å². The summed E-state index contributed by atoms with van der Waals surface area (Å²) in [6, 6.07) is 9.69. The third-order valence-electron chi connectivity index (χ3n) is 5.89. The molecule has 0 amide bonds. The molecule has 2 aliphatic rings. The van der Waals surface area contributed by atoms with Crippen molar-refractivity contribution in [1.29, 1.82) is 0 Å². The molecular formula is C21H25ClN4S. The fourth-order valence-electron chi connectivity index (χ4n) is 4.49. The van der Waals surface area contributed by atoms with E-state index in [2.05, 4.69) is 21.3 Å². The minimum atomic E-state index is 0.434. The zero-order valence-electron chi connectivity index (χ0n) is 15.3. The van der Waals surface area contributed by atoms with Gasteiger partial charge in [-0.2, -0.15) is 0 Å². The number of nitrogen functional groups attached to an aromatic ring is 1. The SMILES string of the molecule is Nc1ccc(N2CCC3CCCCC3C2)c(NC(=S)c2ccnc(Cl)c2)c1. The summed E-state index contributed by atoms with van der Waals surface area (Å²) in [6.07, 6.45) is 8.47. The molecule has 0 spiro atoms. The van der Waals surface area contributed by atoms with Crippen LogP contribution in [-0.4, -0.2) is 23.1 Å². The average molecular weight is 401 g/mol. The van der Waals surface area contributed by atoms with Gasteiger partial charge in [-0.05, 0) is 55.0 Å². The molecule has 1 saturated heterocycles. The molecule has 142 valence electrons. The Morgan fingerprint density at radius 2 is 1.96 bits per heavy atom. The number of benzene rings is 1. The monoisotopic (exact) mass is 400 g/mol. The molecule has 27 heavy (non-hydrogen) atoms. The van der Waals surface area contributed by atoms with E-state index < -0.39 is 0 Å². The number of halogens is 1. The van der Waals surface area contributed by atoms with E-state index >= 15 is 0 Å². The lowest BCUT2D eigenvalue weighted by molar-refractivity contribution is 0.202. The third-order valence-corrected chi connectivity index (χ3v) is 6.43. The lowest BCUT2D eigenvalue weighted by atomic mass is 9.75. The Bertz CT molecular complexity index is 841. The van der Waals surface area contributed by atoms with Gasteiger partial charge in [-0.1, -0.05) is 43.1 Å². The maximum Gasteiger partial charge on any atom is 0.129 e. The van der Waals surface area contributed by atoms with E-state index in [0.29, 0.717) is 10.1 Å². The van der Waals surface area contributed by atoms with Gasteiger partial charge in [-0.15, -0.1) is 0 Å². The number of nitrogens with zero attached hydrogens (tertiary/aromatic N) is 2. The van der Waals surface area contributed by atoms with Crippen LogP contribution < -0.4 is 16.0 Å². The normalized spacial score (nSPS) is 22.2. The lowest BCUT2D eigenvalue weighted by Gasteiger charge is -2.43. The molecule has 4 rings (SSSR count). The molecule has 1 aliphatic heterocycles. The summed E-state index contributed by atoms with van der Waals surface area (Å²) < 4.78 is 0. The first-order chi connectivity index (χ1) is 13.1. The summed E-state index contributed by atoms with van der Waals surface area (Å²) in [5.41, 5.74) is 9.78. The van der Waals surface area contributed by atoms with Gasteiger partial charge < -0.3 is 16.0 Å². The van der Waals surface area contributed by atoms with Crippen LogP contribution in [0.3, 0.4) is 0 Å². The van der Waals surface area contributed by atoms with Gasteiger partial charge in [-0.25, -0.2) is 4.98 Å². The first-order valence-electron chi connectivity index (χ1n) is 9.67. The number of aromatic nitrogens is 1. The molecular weight excluding hydrogens is 376 g/mol. The Hall–Kier alpha value is -1.85. The van der Waals surface area contributed by atoms with Crippen molar-refractivity contribution < 1.29 is 0 Å². The summed E-state index contributed by atoms with van der Waals surface area (Å²) >= 11 is 11.6. The van der Waals surface area contributed by atoms with Crippen LogP contribution in [0.5, 0.6) is 0 Å². The highest BCUT2D eigenvalue weighted by atomic mass is 35.5. The standard InChI is InChI=1S/C21H25ClN4S/c22-20-11-15(7-9-24-20)21(27)25-18-12-17(23)5-6-19(18)26-10-8-14-3-1-2-4-16(14)13-26/h5-7,9,11-12,14,16H,1-4,8,10,13,23H2,(H,25,27). The molecule has 1 saturated carbocycles. The van der Waals surface area contributed by atoms with E-state index in [0.717, 1.165) is 41.9 Å². The van der Waals surface area contributed by atoms with Crippen LogP contribution in [0.2, 0.25) is 5.15 Å². The van der Waals surface area contributed by atoms with Crippen LogP contribution >= 0.6 is 23.8 Å². The lowest BCUT2D eigenvalue weighted by Crippen LogP contribution is -2.42. The van der Waals surface area contributed by atoms with Crippen molar-refractivity contribution in [3.05, 3.63) is 47.2 Å². The largest absolute Gasteiger partial charge is 0.399 e. The predicted octanol–water partition coefficient (Wildman–Crippen LogP) is 5.12. The Labute approximate surface area is 171 Å². The van der Waals surface area contributed by atoms with Crippen LogP contribution in [0.4, 0.5) is 17.1 Å². The molecule has 1 aromatic heterocycles. The summed E-state index contributed by atoms with van der Waals surface area (Å²) in [6.45, 7) is 2.21. The summed E-state index contributed by atoms with van der Waals surface area (Å²) in [5, 5.41) is 3.82. The second kappa shape index (κ2) is 8.03. The molecule has 0 radical (unpaired) electrons. The number of piperidine rings is 1. The highest BCUT2D eigenvalue weighted by molar-refractivity contribution is 7.81. The average Bonchev–Trinajstić information content (AvgIpc) is 2.68. The Morgan fingerprint density at radius 3 is 2.78 bits per heavy atom. The van der Waals surface area contributed by atoms with Crippen LogP contribution in [0.15, 0.2) is 36.5 Å². The number of rotatable bonds is 3. The van der Waals surface area contributed by atoms with Crippen molar-refractivity contribution in [2.24, 2.45) is 11.8 Å². The first kappa shape index (κ1) is 18.5. The topological polar surface area (TPSA) is 54.2 Å². The number of hydrogen-bond donors (Lipinski definition) is 2. The second-order valence-corrected chi connectivity index (χ2v) is 8.43. The van der Waals surface area contributed by atoms with Gasteiger partial charge in [0.2, 0.25) is 0 Å². The van der Waals surface area contributed by atoms with Crippen molar-refractivity contribution >= 4 is 45.9 Å². The number of anilines is 3. The first-order valence-corrected chi connectivity index (χ1v) is 10.5. The number of fused-ring (bicyclic) bond motifs is 1. The zero-order valence-corrected chi connectivity index (χ0v) is 16.9.